The topological polar surface area (TPSA) is 80.8 Å². The highest BCUT2D eigenvalue weighted by Crippen LogP contribution is 2.53. The summed E-state index contributed by atoms with van der Waals surface area (Å²) in [5, 5.41) is 0. The van der Waals surface area contributed by atoms with Gasteiger partial charge in [0.15, 0.2) is 12.4 Å². The number of amides is 2. The van der Waals surface area contributed by atoms with Crippen LogP contribution in [0.25, 0.3) is 0 Å². The SMILES string of the molecule is Cc1ccc(C(=O)COC(=O)C(Cc2ccccc2)N2C(=O)C3C4C=CC(C4)C3C2=O)cc1. The Bertz CT molecular complexity index is 1110. The number of aryl methyl sites for hydroxylation is 1. The molecule has 168 valence electrons. The molecule has 2 bridgehead atoms. The first-order chi connectivity index (χ1) is 15.9. The van der Waals surface area contributed by atoms with E-state index in [2.05, 4.69) is 0 Å². The molecule has 1 saturated heterocycles. The summed E-state index contributed by atoms with van der Waals surface area (Å²) in [6.07, 6.45) is 5.01. The van der Waals surface area contributed by atoms with Crippen molar-refractivity contribution in [2.75, 3.05) is 6.61 Å². The Labute approximate surface area is 192 Å². The van der Waals surface area contributed by atoms with Gasteiger partial charge in [-0.1, -0.05) is 72.3 Å². The van der Waals surface area contributed by atoms with Gasteiger partial charge in [0.05, 0.1) is 11.8 Å². The molecule has 2 aromatic rings. The average Bonchev–Trinajstić information content (AvgIpc) is 3.51. The Morgan fingerprint density at radius 2 is 1.55 bits per heavy atom. The molecule has 0 spiro atoms. The molecule has 2 amide bonds. The first-order valence-electron chi connectivity index (χ1n) is 11.3. The van der Waals surface area contributed by atoms with E-state index in [1.165, 1.54) is 0 Å². The molecular formula is C27H25NO5. The number of fused-ring (bicyclic) bond motifs is 5. The predicted molar refractivity (Wildman–Crippen MR) is 120 cm³/mol. The van der Waals surface area contributed by atoms with Crippen LogP contribution in [0.1, 0.15) is 27.9 Å². The maximum absolute atomic E-state index is 13.3. The van der Waals surface area contributed by atoms with Crippen molar-refractivity contribution in [2.45, 2.75) is 25.8 Å². The fourth-order valence-electron chi connectivity index (χ4n) is 5.41. The summed E-state index contributed by atoms with van der Waals surface area (Å²) in [6, 6.07) is 15.1. The van der Waals surface area contributed by atoms with Gasteiger partial charge in [-0.05, 0) is 30.7 Å². The lowest BCUT2D eigenvalue weighted by Crippen LogP contribution is -2.48. The second kappa shape index (κ2) is 8.43. The van der Waals surface area contributed by atoms with E-state index < -0.39 is 30.5 Å². The van der Waals surface area contributed by atoms with E-state index in [-0.39, 0.29) is 35.9 Å². The monoisotopic (exact) mass is 443 g/mol. The Morgan fingerprint density at radius 1 is 0.939 bits per heavy atom. The lowest BCUT2D eigenvalue weighted by Gasteiger charge is -2.26. The molecule has 2 aliphatic carbocycles. The van der Waals surface area contributed by atoms with Gasteiger partial charge >= 0.3 is 5.97 Å². The van der Waals surface area contributed by atoms with Crippen molar-refractivity contribution >= 4 is 23.6 Å². The molecule has 0 aromatic heterocycles. The number of carbonyl (C=O) groups is 4. The van der Waals surface area contributed by atoms with E-state index in [0.717, 1.165) is 22.4 Å². The van der Waals surface area contributed by atoms with E-state index in [1.54, 1.807) is 12.1 Å². The number of ketones is 1. The average molecular weight is 443 g/mol. The summed E-state index contributed by atoms with van der Waals surface area (Å²) in [7, 11) is 0. The smallest absolute Gasteiger partial charge is 0.330 e. The second-order valence-corrected chi connectivity index (χ2v) is 9.15. The number of carbonyl (C=O) groups excluding carboxylic acids is 4. The second-order valence-electron chi connectivity index (χ2n) is 9.15. The molecule has 0 N–H and O–H groups in total. The number of ether oxygens (including phenoxy) is 1. The molecule has 1 heterocycles. The van der Waals surface area contributed by atoms with Crippen LogP contribution in [-0.4, -0.2) is 41.1 Å². The highest BCUT2D eigenvalue weighted by molar-refractivity contribution is 6.09. The summed E-state index contributed by atoms with van der Waals surface area (Å²) in [4.78, 5) is 53.4. The van der Waals surface area contributed by atoms with Crippen molar-refractivity contribution < 1.29 is 23.9 Å². The molecule has 2 fully saturated rings. The predicted octanol–water partition coefficient (Wildman–Crippen LogP) is 3.14. The summed E-state index contributed by atoms with van der Waals surface area (Å²) in [5.41, 5.74) is 2.27. The van der Waals surface area contributed by atoms with E-state index in [9.17, 15) is 19.2 Å². The fourth-order valence-corrected chi connectivity index (χ4v) is 5.41. The lowest BCUT2D eigenvalue weighted by atomic mass is 9.85. The number of Topliss-reactive ketones (excluding diaryl/α,β-unsaturated/α-hetero) is 1. The van der Waals surface area contributed by atoms with Gasteiger partial charge in [0, 0.05) is 12.0 Å². The molecule has 3 aliphatic rings. The van der Waals surface area contributed by atoms with Gasteiger partial charge in [0.25, 0.3) is 0 Å². The Kier molecular flexibility index (Phi) is 5.44. The molecule has 0 radical (unpaired) electrons. The molecule has 6 heteroatoms. The fraction of sp³-hybridized carbons (Fsp3) is 0.333. The van der Waals surface area contributed by atoms with Crippen LogP contribution in [0.3, 0.4) is 0 Å². The van der Waals surface area contributed by atoms with Crippen LogP contribution in [0.4, 0.5) is 0 Å². The highest BCUT2D eigenvalue weighted by atomic mass is 16.5. The van der Waals surface area contributed by atoms with Crippen molar-refractivity contribution in [1.29, 1.82) is 0 Å². The third kappa shape index (κ3) is 3.80. The minimum Gasteiger partial charge on any atom is -0.456 e. The summed E-state index contributed by atoms with van der Waals surface area (Å²) < 4.78 is 5.37. The van der Waals surface area contributed by atoms with E-state index in [1.807, 2.05) is 61.5 Å². The van der Waals surface area contributed by atoms with Gasteiger partial charge in [-0.25, -0.2) is 4.79 Å². The number of hydrogen-bond acceptors (Lipinski definition) is 5. The minimum absolute atomic E-state index is 0.0537. The first-order valence-corrected chi connectivity index (χ1v) is 11.3. The number of allylic oxidation sites excluding steroid dienone is 2. The summed E-state index contributed by atoms with van der Waals surface area (Å²) in [6.45, 7) is 1.48. The minimum atomic E-state index is -1.09. The summed E-state index contributed by atoms with van der Waals surface area (Å²) >= 11 is 0. The van der Waals surface area contributed by atoms with Crippen LogP contribution in [-0.2, 0) is 25.5 Å². The zero-order valence-electron chi connectivity index (χ0n) is 18.3. The highest BCUT2D eigenvalue weighted by Gasteiger charge is 2.61. The van der Waals surface area contributed by atoms with Crippen LogP contribution in [0.5, 0.6) is 0 Å². The normalized spacial score (nSPS) is 25.9. The summed E-state index contributed by atoms with van der Waals surface area (Å²) in [5.74, 6) is -2.35. The van der Waals surface area contributed by atoms with Crippen LogP contribution in [0.2, 0.25) is 0 Å². The number of hydrogen-bond donors (Lipinski definition) is 0. The standard InChI is InChI=1S/C27H25NO5/c1-16-7-9-18(10-8-16)22(29)15-33-27(32)21(13-17-5-3-2-4-6-17)28-25(30)23-19-11-12-20(14-19)24(23)26(28)31/h2-12,19-21,23-24H,13-15H2,1H3. The van der Waals surface area contributed by atoms with E-state index in [0.29, 0.717) is 5.56 Å². The largest absolute Gasteiger partial charge is 0.456 e. The van der Waals surface area contributed by atoms with Gasteiger partial charge in [-0.3, -0.25) is 19.3 Å². The molecule has 5 rings (SSSR count). The van der Waals surface area contributed by atoms with Crippen molar-refractivity contribution in [3.63, 3.8) is 0 Å². The molecule has 33 heavy (non-hydrogen) atoms. The first kappa shape index (κ1) is 21.3. The van der Waals surface area contributed by atoms with Crippen molar-refractivity contribution in [3.05, 3.63) is 83.4 Å². The van der Waals surface area contributed by atoms with E-state index in [4.69, 9.17) is 4.74 Å². The Balaban J connectivity index is 1.36. The number of imide groups is 1. The van der Waals surface area contributed by atoms with Crippen LogP contribution in [0, 0.1) is 30.6 Å². The maximum atomic E-state index is 13.3. The Morgan fingerprint density at radius 3 is 2.15 bits per heavy atom. The zero-order valence-corrected chi connectivity index (χ0v) is 18.3. The lowest BCUT2D eigenvalue weighted by molar-refractivity contribution is -0.158. The van der Waals surface area contributed by atoms with Crippen molar-refractivity contribution in [1.82, 2.24) is 4.90 Å². The number of likely N-dealkylation sites (tertiary alicyclic amines) is 1. The van der Waals surface area contributed by atoms with Gasteiger partial charge in [0.2, 0.25) is 11.8 Å². The molecule has 1 saturated carbocycles. The zero-order chi connectivity index (χ0) is 23.1. The maximum Gasteiger partial charge on any atom is 0.330 e. The molecule has 1 aliphatic heterocycles. The van der Waals surface area contributed by atoms with Gasteiger partial charge in [0.1, 0.15) is 6.04 Å². The van der Waals surface area contributed by atoms with Crippen molar-refractivity contribution in [3.8, 4) is 0 Å². The molecule has 5 unspecified atom stereocenters. The van der Waals surface area contributed by atoms with Crippen molar-refractivity contribution in [2.24, 2.45) is 23.7 Å². The van der Waals surface area contributed by atoms with Crippen LogP contribution < -0.4 is 0 Å². The third-order valence-electron chi connectivity index (χ3n) is 7.08. The molecule has 5 atom stereocenters. The van der Waals surface area contributed by atoms with Gasteiger partial charge in [-0.15, -0.1) is 0 Å². The van der Waals surface area contributed by atoms with Gasteiger partial charge in [-0.2, -0.15) is 0 Å². The Hall–Kier alpha value is -3.54. The molecule has 2 aromatic carbocycles. The van der Waals surface area contributed by atoms with Crippen LogP contribution in [0.15, 0.2) is 66.7 Å². The van der Waals surface area contributed by atoms with Crippen LogP contribution >= 0.6 is 0 Å². The van der Waals surface area contributed by atoms with E-state index >= 15 is 0 Å². The number of benzene rings is 2. The number of esters is 1. The molecule has 6 nitrogen and oxygen atoms in total. The molecular weight excluding hydrogens is 418 g/mol. The quantitative estimate of drug-likeness (QED) is 0.284. The van der Waals surface area contributed by atoms with Gasteiger partial charge < -0.3 is 4.74 Å². The number of nitrogens with zero attached hydrogens (tertiary/aromatic N) is 1. The third-order valence-corrected chi connectivity index (χ3v) is 7.08. The number of rotatable bonds is 7.